The number of hydrogen-bond donors (Lipinski definition) is 3. The molecule has 0 spiro atoms. The van der Waals surface area contributed by atoms with Gasteiger partial charge in [-0.25, -0.2) is 0 Å². The standard InChI is InChI=1S/C6H15N.2C2H6O.H2O/c1-3-5-7-6-4-2;2*1-2-3;/h7H,3-6H2,1-2H3;2*3H,2H2,1H3;1H2. The van der Waals surface area contributed by atoms with E-state index in [2.05, 4.69) is 19.2 Å². The first-order valence-electron chi connectivity index (χ1n) is 5.17. The van der Waals surface area contributed by atoms with Crippen LogP contribution in [-0.4, -0.2) is 42.0 Å². The summed E-state index contributed by atoms with van der Waals surface area (Å²) in [6.45, 7) is 10.6. The van der Waals surface area contributed by atoms with Crippen molar-refractivity contribution in [3.63, 3.8) is 0 Å². The number of rotatable bonds is 4. The lowest BCUT2D eigenvalue weighted by Crippen LogP contribution is -2.14. The predicted molar refractivity (Wildman–Crippen MR) is 62.6 cm³/mol. The fourth-order valence-electron chi connectivity index (χ4n) is 0.479. The largest absolute Gasteiger partial charge is 0.412 e. The molecule has 0 atom stereocenters. The Morgan fingerprint density at radius 1 is 0.786 bits per heavy atom. The second-order valence-corrected chi connectivity index (χ2v) is 2.38. The zero-order chi connectivity index (χ0) is 10.9. The molecule has 0 aromatic carbocycles. The second-order valence-electron chi connectivity index (χ2n) is 2.38. The molecule has 0 radical (unpaired) electrons. The maximum Gasteiger partial charge on any atom is 0.0402 e. The van der Waals surface area contributed by atoms with Crippen LogP contribution in [0.25, 0.3) is 0 Å². The number of nitrogens with one attached hydrogen (secondary N) is 1. The smallest absolute Gasteiger partial charge is 0.0402 e. The first-order chi connectivity index (χ1) is 6.24. The predicted octanol–water partition coefficient (Wildman–Crippen LogP) is 0.568. The summed E-state index contributed by atoms with van der Waals surface area (Å²) >= 11 is 0. The Morgan fingerprint density at radius 3 is 1.14 bits per heavy atom. The molecule has 0 saturated heterocycles. The lowest BCUT2D eigenvalue weighted by molar-refractivity contribution is 0.318. The Kier molecular flexibility index (Phi) is 64.8. The highest BCUT2D eigenvalue weighted by molar-refractivity contribution is 4.39. The minimum absolute atomic E-state index is 0. The molecule has 0 heterocycles. The van der Waals surface area contributed by atoms with Crippen LogP contribution >= 0.6 is 0 Å². The zero-order valence-electron chi connectivity index (χ0n) is 10.1. The van der Waals surface area contributed by atoms with Gasteiger partial charge in [0.2, 0.25) is 0 Å². The first kappa shape index (κ1) is 23.6. The summed E-state index contributed by atoms with van der Waals surface area (Å²) in [6.07, 6.45) is 2.50. The van der Waals surface area contributed by atoms with E-state index in [1.807, 2.05) is 0 Å². The highest BCUT2D eigenvalue weighted by Gasteiger charge is 1.76. The Bertz CT molecular complexity index is 48.6. The van der Waals surface area contributed by atoms with E-state index >= 15 is 0 Å². The lowest BCUT2D eigenvalue weighted by atomic mass is 10.4. The summed E-state index contributed by atoms with van der Waals surface area (Å²) in [5.74, 6) is 0. The average molecular weight is 211 g/mol. The highest BCUT2D eigenvalue weighted by atomic mass is 16.3. The summed E-state index contributed by atoms with van der Waals surface area (Å²) in [4.78, 5) is 0. The van der Waals surface area contributed by atoms with Crippen molar-refractivity contribution >= 4 is 0 Å². The van der Waals surface area contributed by atoms with Crippen LogP contribution < -0.4 is 5.32 Å². The normalized spacial score (nSPS) is 7.29. The van der Waals surface area contributed by atoms with Crippen LogP contribution in [-0.2, 0) is 0 Å². The molecule has 0 aromatic rings. The van der Waals surface area contributed by atoms with Gasteiger partial charge in [0.25, 0.3) is 0 Å². The summed E-state index contributed by atoms with van der Waals surface area (Å²) in [7, 11) is 0. The Labute approximate surface area is 88.7 Å². The Morgan fingerprint density at radius 2 is 1.00 bits per heavy atom. The van der Waals surface area contributed by atoms with Crippen LogP contribution in [0.15, 0.2) is 0 Å². The molecule has 5 N–H and O–H groups in total. The molecule has 0 aliphatic heterocycles. The fraction of sp³-hybridized carbons (Fsp3) is 1.00. The van der Waals surface area contributed by atoms with Crippen LogP contribution in [0.2, 0.25) is 0 Å². The molecule has 0 rings (SSSR count). The van der Waals surface area contributed by atoms with E-state index in [1.165, 1.54) is 25.9 Å². The topological polar surface area (TPSA) is 84.0 Å². The van der Waals surface area contributed by atoms with Gasteiger partial charge in [0, 0.05) is 13.2 Å². The third-order valence-electron chi connectivity index (χ3n) is 0.854. The van der Waals surface area contributed by atoms with E-state index in [9.17, 15) is 0 Å². The van der Waals surface area contributed by atoms with Crippen molar-refractivity contribution in [1.29, 1.82) is 0 Å². The van der Waals surface area contributed by atoms with Crippen molar-refractivity contribution in [1.82, 2.24) is 5.32 Å². The SMILES string of the molecule is CCCNCCC.CCO.CCO.O. The minimum Gasteiger partial charge on any atom is -0.412 e. The van der Waals surface area contributed by atoms with Crippen LogP contribution in [0.3, 0.4) is 0 Å². The molecule has 0 bridgehead atoms. The molecule has 0 aliphatic rings. The maximum atomic E-state index is 7.57. The van der Waals surface area contributed by atoms with Gasteiger partial charge in [-0.05, 0) is 39.8 Å². The van der Waals surface area contributed by atoms with Gasteiger partial charge in [0.1, 0.15) is 0 Å². The van der Waals surface area contributed by atoms with E-state index in [1.54, 1.807) is 13.8 Å². The van der Waals surface area contributed by atoms with Crippen LogP contribution in [0.1, 0.15) is 40.5 Å². The lowest BCUT2D eigenvalue weighted by Gasteiger charge is -1.95. The number of aliphatic hydroxyl groups is 2. The van der Waals surface area contributed by atoms with Gasteiger partial charge in [-0.2, -0.15) is 0 Å². The van der Waals surface area contributed by atoms with E-state index in [-0.39, 0.29) is 18.7 Å². The molecule has 0 unspecified atom stereocenters. The molecule has 92 valence electrons. The molecular formula is C10H29NO3. The van der Waals surface area contributed by atoms with E-state index in [4.69, 9.17) is 10.2 Å². The summed E-state index contributed by atoms with van der Waals surface area (Å²) < 4.78 is 0. The zero-order valence-corrected chi connectivity index (χ0v) is 10.1. The first-order valence-corrected chi connectivity index (χ1v) is 5.17. The van der Waals surface area contributed by atoms with Crippen LogP contribution in [0.5, 0.6) is 0 Å². The van der Waals surface area contributed by atoms with Crippen molar-refractivity contribution in [2.24, 2.45) is 0 Å². The molecular weight excluding hydrogens is 182 g/mol. The summed E-state index contributed by atoms with van der Waals surface area (Å²) in [5.41, 5.74) is 0. The third-order valence-corrected chi connectivity index (χ3v) is 0.854. The van der Waals surface area contributed by atoms with Crippen molar-refractivity contribution in [3.05, 3.63) is 0 Å². The van der Waals surface area contributed by atoms with E-state index in [0.29, 0.717) is 0 Å². The van der Waals surface area contributed by atoms with Gasteiger partial charge in [0.15, 0.2) is 0 Å². The molecule has 0 saturated carbocycles. The molecule has 4 heteroatoms. The highest BCUT2D eigenvalue weighted by Crippen LogP contribution is 1.71. The quantitative estimate of drug-likeness (QED) is 0.594. The molecule has 4 nitrogen and oxygen atoms in total. The molecule has 0 fully saturated rings. The summed E-state index contributed by atoms with van der Waals surface area (Å²) in [5, 5.41) is 18.4. The molecule has 0 amide bonds. The minimum atomic E-state index is 0. The Hall–Kier alpha value is -0.160. The van der Waals surface area contributed by atoms with Gasteiger partial charge in [0.05, 0.1) is 0 Å². The van der Waals surface area contributed by atoms with Crippen molar-refractivity contribution in [3.8, 4) is 0 Å². The van der Waals surface area contributed by atoms with Crippen molar-refractivity contribution in [2.75, 3.05) is 26.3 Å². The number of hydrogen-bond acceptors (Lipinski definition) is 3. The summed E-state index contributed by atoms with van der Waals surface area (Å²) in [6, 6.07) is 0. The maximum absolute atomic E-state index is 7.57. The van der Waals surface area contributed by atoms with Gasteiger partial charge in [-0.1, -0.05) is 13.8 Å². The van der Waals surface area contributed by atoms with Gasteiger partial charge in [-0.3, -0.25) is 0 Å². The Balaban J connectivity index is -0.0000000610. The second kappa shape index (κ2) is 38.5. The van der Waals surface area contributed by atoms with Gasteiger partial charge >= 0.3 is 0 Å². The number of aliphatic hydroxyl groups excluding tert-OH is 2. The van der Waals surface area contributed by atoms with Gasteiger partial charge < -0.3 is 21.0 Å². The van der Waals surface area contributed by atoms with Crippen LogP contribution in [0.4, 0.5) is 0 Å². The van der Waals surface area contributed by atoms with Crippen molar-refractivity contribution in [2.45, 2.75) is 40.5 Å². The van der Waals surface area contributed by atoms with Crippen LogP contribution in [0, 0.1) is 0 Å². The van der Waals surface area contributed by atoms with Gasteiger partial charge in [-0.15, -0.1) is 0 Å². The molecule has 0 aliphatic carbocycles. The monoisotopic (exact) mass is 211 g/mol. The van der Waals surface area contributed by atoms with E-state index in [0.717, 1.165) is 0 Å². The van der Waals surface area contributed by atoms with E-state index < -0.39 is 0 Å². The van der Waals surface area contributed by atoms with Crippen molar-refractivity contribution < 1.29 is 15.7 Å². The fourth-order valence-corrected chi connectivity index (χ4v) is 0.479. The third kappa shape index (κ3) is 94.4. The average Bonchev–Trinajstić information content (AvgIpc) is 2.08. The molecule has 0 aromatic heterocycles. The molecule has 14 heavy (non-hydrogen) atoms.